The van der Waals surface area contributed by atoms with Crippen molar-refractivity contribution in [3.8, 4) is 11.5 Å². The Labute approximate surface area is 207 Å². The predicted octanol–water partition coefficient (Wildman–Crippen LogP) is 3.97. The van der Waals surface area contributed by atoms with Crippen LogP contribution in [0, 0.1) is 13.8 Å². The first-order valence-corrected chi connectivity index (χ1v) is 10.3. The first-order valence-electron chi connectivity index (χ1n) is 10.3. The molecule has 0 saturated heterocycles. The topological polar surface area (TPSA) is 69.6 Å². The maximum atomic E-state index is 11.5. The van der Waals surface area contributed by atoms with E-state index in [9.17, 15) is 10.2 Å². The molecule has 5 heteroatoms. The fourth-order valence-corrected chi connectivity index (χ4v) is 2.93. The summed E-state index contributed by atoms with van der Waals surface area (Å²) in [5, 5.41) is 21.0. The van der Waals surface area contributed by atoms with Gasteiger partial charge in [-0.15, -0.1) is 0 Å². The minimum absolute atomic E-state index is 0. The second-order valence-corrected chi connectivity index (χ2v) is 7.24. The van der Waals surface area contributed by atoms with E-state index < -0.39 is 0 Å². The molecule has 4 rings (SSSR count). The molecule has 0 aromatic heterocycles. The Kier molecular flexibility index (Phi) is 10.2. The molecular weight excluding hydrogens is 403 g/mol. The van der Waals surface area contributed by atoms with Gasteiger partial charge in [-0.05, 0) is 43.7 Å². The van der Waals surface area contributed by atoms with Crippen LogP contribution in [-0.2, 0) is 0 Å². The van der Waals surface area contributed by atoms with Crippen LogP contribution in [0.4, 0.5) is 11.4 Å². The first-order chi connectivity index (χ1) is 15.5. The van der Waals surface area contributed by atoms with Gasteiger partial charge in [-0.2, -0.15) is 0 Å². The summed E-state index contributed by atoms with van der Waals surface area (Å²) in [6.07, 6.45) is 3.42. The van der Waals surface area contributed by atoms with Gasteiger partial charge in [-0.25, -0.2) is 4.99 Å². The first kappa shape index (κ1) is 25.7. The van der Waals surface area contributed by atoms with Crippen LogP contribution < -0.4 is 10.1 Å². The summed E-state index contributed by atoms with van der Waals surface area (Å²) in [4.78, 5) is 7.50. The Bertz CT molecular complexity index is 1040. The Hall–Kier alpha value is -3.58. The molecule has 0 unspecified atom stereocenters. The van der Waals surface area contributed by atoms with Crippen molar-refractivity contribution in [3.63, 3.8) is 0 Å². The fourth-order valence-electron chi connectivity index (χ4n) is 2.93. The van der Waals surface area contributed by atoms with Crippen LogP contribution in [0.2, 0.25) is 0 Å². The number of aromatic hydroxyl groups is 1. The van der Waals surface area contributed by atoms with E-state index in [0.717, 1.165) is 28.1 Å². The van der Waals surface area contributed by atoms with E-state index in [1.165, 1.54) is 0 Å². The normalized spacial score (nSPS) is 10.5. The fraction of sp³-hybridized carbons (Fsp3) is 0.0714. The molecule has 0 saturated carbocycles. The van der Waals surface area contributed by atoms with Gasteiger partial charge in [-0.1, -0.05) is 72.5 Å². The number of hydrogen-bond acceptors (Lipinski definition) is 3. The van der Waals surface area contributed by atoms with E-state index in [1.807, 2.05) is 80.6 Å². The Morgan fingerprint density at radius 3 is 1.97 bits per heavy atom. The van der Waals surface area contributed by atoms with Crippen molar-refractivity contribution in [2.45, 2.75) is 13.8 Å². The van der Waals surface area contributed by atoms with Gasteiger partial charge in [0.15, 0.2) is 6.21 Å². The van der Waals surface area contributed by atoms with Crippen LogP contribution in [0.1, 0.15) is 22.3 Å². The molecule has 2 radical (unpaired) electrons. The third-order valence-corrected chi connectivity index (χ3v) is 4.84. The van der Waals surface area contributed by atoms with Crippen LogP contribution in [-0.4, -0.2) is 36.4 Å². The van der Waals surface area contributed by atoms with Crippen LogP contribution in [0.25, 0.3) is 0 Å². The number of rotatable bonds is 4. The van der Waals surface area contributed by atoms with E-state index in [0.29, 0.717) is 5.56 Å². The minimum atomic E-state index is 0. The zero-order valence-electron chi connectivity index (χ0n) is 19.2. The number of nitrogens with one attached hydrogen (secondary N) is 1. The summed E-state index contributed by atoms with van der Waals surface area (Å²) >= 11 is 0. The van der Waals surface area contributed by atoms with E-state index in [2.05, 4.69) is 9.98 Å². The molecule has 0 amide bonds. The third-order valence-electron chi connectivity index (χ3n) is 4.84. The average Bonchev–Trinajstić information content (AvgIpc) is 2.80. The van der Waals surface area contributed by atoms with Crippen molar-refractivity contribution >= 4 is 42.7 Å². The summed E-state index contributed by atoms with van der Waals surface area (Å²) in [5.41, 5.74) is 5.62. The predicted molar refractivity (Wildman–Crippen MR) is 135 cm³/mol. The largest absolute Gasteiger partial charge is 1.00 e. The second kappa shape index (κ2) is 13.1. The smallest absolute Gasteiger partial charge is 0.206 e. The van der Waals surface area contributed by atoms with Gasteiger partial charge in [-0.3, -0.25) is 4.99 Å². The molecule has 33 heavy (non-hydrogen) atoms. The summed E-state index contributed by atoms with van der Waals surface area (Å²) in [6.45, 7) is 4.04. The number of phenols is 1. The van der Waals surface area contributed by atoms with Crippen LogP contribution in [0.5, 0.6) is 11.5 Å². The SMILES string of the molecule is Cc1ccccc1N=Cc1ccccc1O.Cc1ccccc1[NH+]=Cc1ccccc1[O-].[Li-]. The van der Waals surface area contributed by atoms with Crippen molar-refractivity contribution in [1.82, 2.24) is 0 Å². The molecule has 0 spiro atoms. The number of nitrogens with zero attached hydrogens (tertiary/aromatic N) is 1. The maximum absolute atomic E-state index is 11.5. The Morgan fingerprint density at radius 1 is 0.727 bits per heavy atom. The van der Waals surface area contributed by atoms with Crippen molar-refractivity contribution in [1.29, 1.82) is 0 Å². The van der Waals surface area contributed by atoms with Gasteiger partial charge in [0.1, 0.15) is 5.75 Å². The van der Waals surface area contributed by atoms with Gasteiger partial charge in [0.25, 0.3) is 0 Å². The van der Waals surface area contributed by atoms with Crippen molar-refractivity contribution in [2.24, 2.45) is 4.99 Å². The monoisotopic (exact) mass is 429 g/mol. The molecule has 0 aliphatic rings. The summed E-state index contributed by atoms with van der Waals surface area (Å²) < 4.78 is 0. The molecule has 0 aliphatic heterocycles. The quantitative estimate of drug-likeness (QED) is 0.381. The van der Waals surface area contributed by atoms with Gasteiger partial charge in [0, 0.05) is 29.0 Å². The van der Waals surface area contributed by atoms with Crippen LogP contribution in [0.15, 0.2) is 102 Å². The summed E-state index contributed by atoms with van der Waals surface area (Å²) in [7, 11) is 0. The molecule has 4 aromatic rings. The molecule has 2 N–H and O–H groups in total. The molecule has 4 nitrogen and oxygen atoms in total. The minimum Gasteiger partial charge on any atom is -1.00 e. The molecule has 0 bridgehead atoms. The molecule has 0 fully saturated rings. The Balaban J connectivity index is 0.000000227. The van der Waals surface area contributed by atoms with Gasteiger partial charge >= 0.3 is 0 Å². The standard InChI is InChI=1S/2C14H13NO.Li/c2*1-11-6-2-4-8-13(11)15-10-12-7-3-5-9-14(12)16;/h2*2-10,16H,1H3;/q;;-1. The number of aryl methyl sites for hydroxylation is 2. The van der Waals surface area contributed by atoms with Crippen LogP contribution >= 0.6 is 0 Å². The molecular formula is C28H26LiN2O2-. The summed E-state index contributed by atoms with van der Waals surface area (Å²) in [6, 6.07) is 30.0. The molecule has 4 aromatic carbocycles. The van der Waals surface area contributed by atoms with Crippen molar-refractivity contribution in [3.05, 3.63) is 119 Å². The van der Waals surface area contributed by atoms with Crippen molar-refractivity contribution in [2.75, 3.05) is 0 Å². The van der Waals surface area contributed by atoms with Gasteiger partial charge in [0.05, 0.1) is 5.69 Å². The van der Waals surface area contributed by atoms with E-state index in [4.69, 9.17) is 0 Å². The number of hydrogen-bond donors (Lipinski definition) is 2. The molecule has 0 atom stereocenters. The van der Waals surface area contributed by atoms with E-state index >= 15 is 0 Å². The van der Waals surface area contributed by atoms with Crippen LogP contribution in [0.3, 0.4) is 0 Å². The maximum Gasteiger partial charge on any atom is 0.206 e. The zero-order chi connectivity index (χ0) is 22.8. The molecule has 0 aliphatic carbocycles. The van der Waals surface area contributed by atoms with E-state index in [1.54, 1.807) is 42.8 Å². The van der Waals surface area contributed by atoms with Crippen molar-refractivity contribution < 1.29 is 15.2 Å². The summed E-state index contributed by atoms with van der Waals surface area (Å²) in [5.74, 6) is 0.281. The van der Waals surface area contributed by atoms with Gasteiger partial charge in [0.2, 0.25) is 5.69 Å². The second-order valence-electron chi connectivity index (χ2n) is 7.24. The molecule has 0 heterocycles. The third kappa shape index (κ3) is 7.80. The average molecular weight is 429 g/mol. The number of benzene rings is 4. The van der Waals surface area contributed by atoms with Gasteiger partial charge < -0.3 is 29.1 Å². The number of aliphatic imine (C=N–C) groups is 1. The Morgan fingerprint density at radius 2 is 1.30 bits per heavy atom. The number of phenolic OH excluding ortho intramolecular Hbond substituents is 1. The van der Waals surface area contributed by atoms with E-state index in [-0.39, 0.29) is 30.4 Å². The number of para-hydroxylation sites is 4. The molecule has 162 valence electrons. The zero-order valence-corrected chi connectivity index (χ0v) is 19.2.